The molecule has 146 valence electrons. The molecule has 4 nitrogen and oxygen atoms in total. The summed E-state index contributed by atoms with van der Waals surface area (Å²) < 4.78 is 0. The van der Waals surface area contributed by atoms with Gasteiger partial charge in [-0.1, -0.05) is 56.3 Å². The maximum Gasteiger partial charge on any atom is 0.167 e. The summed E-state index contributed by atoms with van der Waals surface area (Å²) in [5.74, 6) is 0.156. The van der Waals surface area contributed by atoms with Gasteiger partial charge >= 0.3 is 0 Å². The van der Waals surface area contributed by atoms with E-state index in [4.69, 9.17) is 0 Å². The number of hydrogen-bond acceptors (Lipinski definition) is 4. The van der Waals surface area contributed by atoms with Gasteiger partial charge in [0.1, 0.15) is 0 Å². The minimum Gasteiger partial charge on any atom is -0.294 e. The van der Waals surface area contributed by atoms with Gasteiger partial charge in [-0.05, 0) is 35.9 Å². The Morgan fingerprint density at radius 1 is 0.966 bits per heavy atom. The van der Waals surface area contributed by atoms with Crippen molar-refractivity contribution in [1.82, 2.24) is 14.9 Å². The highest BCUT2D eigenvalue weighted by atomic mass is 16.1. The van der Waals surface area contributed by atoms with Crippen LogP contribution in [0.25, 0.3) is 6.08 Å². The van der Waals surface area contributed by atoms with Crippen molar-refractivity contribution < 1.29 is 4.79 Å². The number of benzene rings is 1. The lowest BCUT2D eigenvalue weighted by Gasteiger charge is -2.44. The molecule has 0 saturated carbocycles. The van der Waals surface area contributed by atoms with Crippen LogP contribution in [0.4, 0.5) is 0 Å². The van der Waals surface area contributed by atoms with Gasteiger partial charge in [0.15, 0.2) is 5.78 Å². The Labute approximate surface area is 171 Å². The second kappa shape index (κ2) is 8.10. The second-order valence-corrected chi connectivity index (χ2v) is 8.12. The molecule has 1 fully saturated rings. The fourth-order valence-corrected chi connectivity index (χ4v) is 4.00. The quantitative estimate of drug-likeness (QED) is 0.612. The Bertz CT molecular complexity index is 998. The van der Waals surface area contributed by atoms with Crippen molar-refractivity contribution in [2.75, 3.05) is 6.54 Å². The number of ketones is 1. The van der Waals surface area contributed by atoms with Crippen molar-refractivity contribution in [3.05, 3.63) is 102 Å². The molecule has 1 atom stereocenters. The van der Waals surface area contributed by atoms with Crippen molar-refractivity contribution >= 4 is 11.9 Å². The molecule has 1 saturated heterocycles. The van der Waals surface area contributed by atoms with Crippen LogP contribution in [-0.2, 0) is 11.3 Å². The molecular weight excluding hydrogens is 358 g/mol. The molecular formula is C25H25N3O. The topological polar surface area (TPSA) is 46.1 Å². The highest BCUT2D eigenvalue weighted by molar-refractivity contribution is 6.05. The molecule has 1 unspecified atom stereocenters. The number of Topliss-reactive ketones (excluding diaryl/α,β-unsaturated/α-hetero) is 1. The molecule has 0 aliphatic carbocycles. The predicted molar refractivity (Wildman–Crippen MR) is 115 cm³/mol. The van der Waals surface area contributed by atoms with Crippen LogP contribution in [0, 0.1) is 5.41 Å². The maximum absolute atomic E-state index is 13.5. The van der Waals surface area contributed by atoms with Gasteiger partial charge in [-0.25, -0.2) is 0 Å². The van der Waals surface area contributed by atoms with E-state index in [1.165, 1.54) is 5.56 Å². The number of pyridine rings is 2. The Morgan fingerprint density at radius 3 is 2.31 bits per heavy atom. The van der Waals surface area contributed by atoms with E-state index in [0.29, 0.717) is 6.54 Å². The third-order valence-corrected chi connectivity index (χ3v) is 5.32. The number of carbonyl (C=O) groups is 1. The molecule has 3 heterocycles. The number of rotatable bonds is 4. The van der Waals surface area contributed by atoms with Gasteiger partial charge in [-0.2, -0.15) is 0 Å². The molecule has 0 N–H and O–H groups in total. The van der Waals surface area contributed by atoms with E-state index in [1.807, 2.05) is 62.4 Å². The van der Waals surface area contributed by atoms with Crippen LogP contribution >= 0.6 is 0 Å². The fraction of sp³-hybridized carbons (Fsp3) is 0.240. The third-order valence-electron chi connectivity index (χ3n) is 5.32. The van der Waals surface area contributed by atoms with E-state index in [9.17, 15) is 4.79 Å². The van der Waals surface area contributed by atoms with Gasteiger partial charge in [0.25, 0.3) is 0 Å². The minimum absolute atomic E-state index is 0.156. The summed E-state index contributed by atoms with van der Waals surface area (Å²) in [6.45, 7) is 5.46. The highest BCUT2D eigenvalue weighted by Gasteiger charge is 2.44. The van der Waals surface area contributed by atoms with Gasteiger partial charge in [0, 0.05) is 36.5 Å². The monoisotopic (exact) mass is 383 g/mol. The van der Waals surface area contributed by atoms with Crippen molar-refractivity contribution in [2.24, 2.45) is 5.41 Å². The van der Waals surface area contributed by atoms with Gasteiger partial charge in [-0.15, -0.1) is 0 Å². The summed E-state index contributed by atoms with van der Waals surface area (Å²) in [6.07, 6.45) is 5.47. The standard InChI is InChI=1S/C25H25N3O/c1-25(2)18-28(17-19-10-4-3-5-11-19)23(22-13-7-9-15-27-22)21(24(25)29)16-20-12-6-8-14-26-20/h3-16,23H,17-18H2,1-2H3/b21-16-. The number of nitrogens with zero attached hydrogens (tertiary/aromatic N) is 3. The fourth-order valence-electron chi connectivity index (χ4n) is 4.00. The lowest BCUT2D eigenvalue weighted by Crippen LogP contribution is -2.49. The van der Waals surface area contributed by atoms with E-state index >= 15 is 0 Å². The summed E-state index contributed by atoms with van der Waals surface area (Å²) in [6, 6.07) is 21.8. The van der Waals surface area contributed by atoms with Crippen molar-refractivity contribution in [3.63, 3.8) is 0 Å². The molecule has 2 aromatic heterocycles. The summed E-state index contributed by atoms with van der Waals surface area (Å²) in [5, 5.41) is 0. The maximum atomic E-state index is 13.5. The lowest BCUT2D eigenvalue weighted by atomic mass is 9.75. The van der Waals surface area contributed by atoms with E-state index in [1.54, 1.807) is 12.4 Å². The zero-order chi connectivity index (χ0) is 20.3. The minimum atomic E-state index is -0.485. The van der Waals surface area contributed by atoms with Gasteiger partial charge in [-0.3, -0.25) is 19.7 Å². The average Bonchev–Trinajstić information content (AvgIpc) is 2.74. The van der Waals surface area contributed by atoms with Gasteiger partial charge in [0.2, 0.25) is 0 Å². The van der Waals surface area contributed by atoms with Crippen LogP contribution in [0.2, 0.25) is 0 Å². The summed E-state index contributed by atoms with van der Waals surface area (Å²) in [5.41, 5.74) is 3.15. The highest BCUT2D eigenvalue weighted by Crippen LogP contribution is 2.41. The van der Waals surface area contributed by atoms with Crippen LogP contribution < -0.4 is 0 Å². The van der Waals surface area contributed by atoms with Crippen molar-refractivity contribution in [2.45, 2.75) is 26.4 Å². The first-order valence-corrected chi connectivity index (χ1v) is 9.91. The number of likely N-dealkylation sites (tertiary alicyclic amines) is 1. The number of aromatic nitrogens is 2. The number of hydrogen-bond donors (Lipinski definition) is 0. The molecule has 1 aliphatic heterocycles. The molecule has 4 rings (SSSR count). The third kappa shape index (κ3) is 4.17. The first-order chi connectivity index (χ1) is 14.0. The van der Waals surface area contributed by atoms with Crippen LogP contribution in [0.1, 0.15) is 36.8 Å². The predicted octanol–water partition coefficient (Wildman–Crippen LogP) is 4.71. The number of carbonyl (C=O) groups excluding carboxylic acids is 1. The van der Waals surface area contributed by atoms with Crippen LogP contribution in [0.5, 0.6) is 0 Å². The second-order valence-electron chi connectivity index (χ2n) is 8.12. The zero-order valence-corrected chi connectivity index (χ0v) is 16.8. The molecule has 0 amide bonds. The lowest BCUT2D eigenvalue weighted by molar-refractivity contribution is -0.128. The first kappa shape index (κ1) is 19.2. The van der Waals surface area contributed by atoms with E-state index in [-0.39, 0.29) is 11.8 Å². The Hall–Kier alpha value is -3.11. The molecule has 0 radical (unpaired) electrons. The number of piperidine rings is 1. The van der Waals surface area contributed by atoms with Crippen molar-refractivity contribution in [3.8, 4) is 0 Å². The summed E-state index contributed by atoms with van der Waals surface area (Å²) in [7, 11) is 0. The van der Waals surface area contributed by atoms with E-state index < -0.39 is 5.41 Å². The van der Waals surface area contributed by atoms with Crippen LogP contribution in [-0.4, -0.2) is 27.2 Å². The van der Waals surface area contributed by atoms with Gasteiger partial charge in [0.05, 0.1) is 17.4 Å². The van der Waals surface area contributed by atoms with Crippen LogP contribution in [0.15, 0.2) is 84.7 Å². The SMILES string of the molecule is CC1(C)CN(Cc2ccccc2)C(c2ccccn2)/C(=C/c2ccccn2)C1=O. The van der Waals surface area contributed by atoms with E-state index in [2.05, 4.69) is 39.1 Å². The average molecular weight is 383 g/mol. The summed E-state index contributed by atoms with van der Waals surface area (Å²) in [4.78, 5) is 24.9. The smallest absolute Gasteiger partial charge is 0.167 e. The molecule has 4 heteroatoms. The molecule has 0 bridgehead atoms. The van der Waals surface area contributed by atoms with Gasteiger partial charge < -0.3 is 0 Å². The Balaban J connectivity index is 1.83. The Morgan fingerprint density at radius 2 is 1.66 bits per heavy atom. The molecule has 1 aromatic carbocycles. The molecule has 3 aromatic rings. The van der Waals surface area contributed by atoms with Crippen LogP contribution in [0.3, 0.4) is 0 Å². The van der Waals surface area contributed by atoms with Crippen molar-refractivity contribution in [1.29, 1.82) is 0 Å². The molecule has 0 spiro atoms. The first-order valence-electron chi connectivity index (χ1n) is 9.91. The zero-order valence-electron chi connectivity index (χ0n) is 16.8. The molecule has 1 aliphatic rings. The molecule has 29 heavy (non-hydrogen) atoms. The van der Waals surface area contributed by atoms with E-state index in [0.717, 1.165) is 23.5 Å². The Kier molecular flexibility index (Phi) is 5.36. The largest absolute Gasteiger partial charge is 0.294 e. The normalized spacial score (nSPS) is 20.7. The summed E-state index contributed by atoms with van der Waals surface area (Å²) >= 11 is 0.